The minimum Gasteiger partial charge on any atom is -0.355 e. The number of halogens is 1. The first kappa shape index (κ1) is 19.1. The monoisotopic (exact) mass is 364 g/mol. The zero-order chi connectivity index (χ0) is 18.4. The molecule has 0 spiro atoms. The molecule has 2 N–H and O–H groups in total. The number of carbonyl (C=O) groups is 1. The lowest BCUT2D eigenvalue weighted by Gasteiger charge is -2.09. The van der Waals surface area contributed by atoms with E-state index in [2.05, 4.69) is 10.0 Å². The fourth-order valence-corrected chi connectivity index (χ4v) is 3.29. The zero-order valence-corrected chi connectivity index (χ0v) is 15.0. The molecule has 0 heterocycles. The maximum absolute atomic E-state index is 13.5. The molecule has 0 aliphatic carbocycles. The van der Waals surface area contributed by atoms with E-state index in [0.717, 1.165) is 11.1 Å². The zero-order valence-electron chi connectivity index (χ0n) is 14.2. The molecule has 0 aliphatic rings. The topological polar surface area (TPSA) is 75.3 Å². The van der Waals surface area contributed by atoms with Crippen LogP contribution in [0.3, 0.4) is 0 Å². The van der Waals surface area contributed by atoms with Gasteiger partial charge in [-0.1, -0.05) is 24.3 Å². The Hall–Kier alpha value is -2.25. The Morgan fingerprint density at radius 2 is 1.80 bits per heavy atom. The summed E-state index contributed by atoms with van der Waals surface area (Å²) in [5.74, 6) is -0.795. The highest BCUT2D eigenvalue weighted by Crippen LogP contribution is 2.14. The van der Waals surface area contributed by atoms with Crippen molar-refractivity contribution in [2.75, 3.05) is 13.1 Å². The minimum atomic E-state index is -3.75. The highest BCUT2D eigenvalue weighted by molar-refractivity contribution is 7.89. The molecule has 2 aromatic carbocycles. The van der Waals surface area contributed by atoms with Gasteiger partial charge >= 0.3 is 0 Å². The Morgan fingerprint density at radius 1 is 1.08 bits per heavy atom. The second-order valence-electron chi connectivity index (χ2n) is 5.76. The highest BCUT2D eigenvalue weighted by atomic mass is 32.2. The molecule has 2 rings (SSSR count). The maximum Gasteiger partial charge on any atom is 0.241 e. The van der Waals surface area contributed by atoms with E-state index in [-0.39, 0.29) is 23.8 Å². The standard InChI is InChI=1S/C18H21FN2O3S/c1-13-7-8-16(11-14(13)2)25(23,24)21-12-18(22)20-10-9-15-5-3-4-6-17(15)19/h3-8,11,21H,9-10,12H2,1-2H3,(H,20,22). The number of amides is 1. The fourth-order valence-electron chi connectivity index (χ4n) is 2.23. The summed E-state index contributed by atoms with van der Waals surface area (Å²) < 4.78 is 40.1. The van der Waals surface area contributed by atoms with E-state index in [1.807, 2.05) is 13.8 Å². The van der Waals surface area contributed by atoms with Gasteiger partial charge in [0.2, 0.25) is 15.9 Å². The van der Waals surface area contributed by atoms with Gasteiger partial charge in [-0.15, -0.1) is 0 Å². The first-order chi connectivity index (χ1) is 11.8. The molecule has 5 nitrogen and oxygen atoms in total. The predicted octanol–water partition coefficient (Wildman–Crippen LogP) is 2.08. The fraction of sp³-hybridized carbons (Fsp3) is 0.278. The van der Waals surface area contributed by atoms with E-state index in [9.17, 15) is 17.6 Å². The molecule has 25 heavy (non-hydrogen) atoms. The van der Waals surface area contributed by atoms with Gasteiger partial charge in [-0.05, 0) is 55.2 Å². The van der Waals surface area contributed by atoms with Gasteiger partial charge in [-0.2, -0.15) is 0 Å². The number of hydrogen-bond acceptors (Lipinski definition) is 3. The van der Waals surface area contributed by atoms with Crippen LogP contribution in [-0.4, -0.2) is 27.4 Å². The molecule has 7 heteroatoms. The van der Waals surface area contributed by atoms with Crippen molar-refractivity contribution in [2.24, 2.45) is 0 Å². The summed E-state index contributed by atoms with van der Waals surface area (Å²) in [5.41, 5.74) is 2.35. The molecule has 0 fully saturated rings. The van der Waals surface area contributed by atoms with Gasteiger partial charge in [0.25, 0.3) is 0 Å². The first-order valence-electron chi connectivity index (χ1n) is 7.86. The van der Waals surface area contributed by atoms with Crippen molar-refractivity contribution < 1.29 is 17.6 Å². The van der Waals surface area contributed by atoms with E-state index >= 15 is 0 Å². The van der Waals surface area contributed by atoms with Gasteiger partial charge in [-0.3, -0.25) is 4.79 Å². The first-order valence-corrected chi connectivity index (χ1v) is 9.35. The normalized spacial score (nSPS) is 11.3. The Morgan fingerprint density at radius 3 is 2.48 bits per heavy atom. The summed E-state index contributed by atoms with van der Waals surface area (Å²) in [5, 5.41) is 2.57. The maximum atomic E-state index is 13.5. The molecule has 0 unspecified atom stereocenters. The van der Waals surface area contributed by atoms with Crippen LogP contribution in [0.25, 0.3) is 0 Å². The molecule has 0 bridgehead atoms. The number of aryl methyl sites for hydroxylation is 2. The molecule has 0 aromatic heterocycles. The third kappa shape index (κ3) is 5.37. The Labute approximate surface area is 147 Å². The number of nitrogens with one attached hydrogen (secondary N) is 2. The van der Waals surface area contributed by atoms with Gasteiger partial charge in [0.05, 0.1) is 11.4 Å². The Balaban J connectivity index is 1.84. The Bertz CT molecular complexity index is 866. The van der Waals surface area contributed by atoms with Gasteiger partial charge < -0.3 is 5.32 Å². The number of sulfonamides is 1. The van der Waals surface area contributed by atoms with Crippen LogP contribution < -0.4 is 10.0 Å². The van der Waals surface area contributed by atoms with Crippen LogP contribution in [-0.2, 0) is 21.2 Å². The van der Waals surface area contributed by atoms with Crippen LogP contribution in [0.5, 0.6) is 0 Å². The largest absolute Gasteiger partial charge is 0.355 e. The second kappa shape index (κ2) is 8.22. The SMILES string of the molecule is Cc1ccc(S(=O)(=O)NCC(=O)NCCc2ccccc2F)cc1C. The van der Waals surface area contributed by atoms with Crippen LogP contribution in [0, 0.1) is 19.7 Å². The van der Waals surface area contributed by atoms with Crippen molar-refractivity contribution in [3.8, 4) is 0 Å². The van der Waals surface area contributed by atoms with Crippen molar-refractivity contribution in [2.45, 2.75) is 25.2 Å². The van der Waals surface area contributed by atoms with E-state index in [0.29, 0.717) is 12.0 Å². The smallest absolute Gasteiger partial charge is 0.241 e. The van der Waals surface area contributed by atoms with E-state index in [1.54, 1.807) is 30.3 Å². The average Bonchev–Trinajstić information content (AvgIpc) is 2.57. The molecule has 0 saturated carbocycles. The van der Waals surface area contributed by atoms with E-state index < -0.39 is 15.9 Å². The lowest BCUT2D eigenvalue weighted by molar-refractivity contribution is -0.119. The van der Waals surface area contributed by atoms with Crippen molar-refractivity contribution >= 4 is 15.9 Å². The van der Waals surface area contributed by atoms with E-state index in [4.69, 9.17) is 0 Å². The molecule has 0 aliphatic heterocycles. The summed E-state index contributed by atoms with van der Waals surface area (Å²) in [6, 6.07) is 11.1. The van der Waals surface area contributed by atoms with Crippen molar-refractivity contribution in [3.63, 3.8) is 0 Å². The Kier molecular flexibility index (Phi) is 6.27. The van der Waals surface area contributed by atoms with Gasteiger partial charge in [-0.25, -0.2) is 17.5 Å². The molecular weight excluding hydrogens is 343 g/mol. The number of benzene rings is 2. The summed E-state index contributed by atoms with van der Waals surface area (Å²) in [4.78, 5) is 11.9. The summed E-state index contributed by atoms with van der Waals surface area (Å²) in [6.45, 7) is 3.57. The highest BCUT2D eigenvalue weighted by Gasteiger charge is 2.16. The summed E-state index contributed by atoms with van der Waals surface area (Å²) in [7, 11) is -3.75. The number of rotatable bonds is 7. The molecular formula is C18H21FN2O3S. The quantitative estimate of drug-likeness (QED) is 0.790. The van der Waals surface area contributed by atoms with Crippen LogP contribution >= 0.6 is 0 Å². The molecule has 2 aromatic rings. The van der Waals surface area contributed by atoms with Crippen molar-refractivity contribution in [3.05, 3.63) is 65.0 Å². The van der Waals surface area contributed by atoms with Crippen LogP contribution in [0.1, 0.15) is 16.7 Å². The number of carbonyl (C=O) groups excluding carboxylic acids is 1. The lowest BCUT2D eigenvalue weighted by Crippen LogP contribution is -2.37. The second-order valence-corrected chi connectivity index (χ2v) is 7.53. The molecule has 0 atom stereocenters. The minimum absolute atomic E-state index is 0.120. The molecule has 0 radical (unpaired) electrons. The summed E-state index contributed by atoms with van der Waals surface area (Å²) in [6.07, 6.45) is 0.336. The number of hydrogen-bond donors (Lipinski definition) is 2. The third-order valence-corrected chi connectivity index (χ3v) is 5.28. The van der Waals surface area contributed by atoms with Gasteiger partial charge in [0.1, 0.15) is 5.82 Å². The molecule has 0 saturated heterocycles. The average molecular weight is 364 g/mol. The van der Waals surface area contributed by atoms with Crippen LogP contribution in [0.2, 0.25) is 0 Å². The van der Waals surface area contributed by atoms with Crippen LogP contribution in [0.4, 0.5) is 4.39 Å². The van der Waals surface area contributed by atoms with Gasteiger partial charge in [0.15, 0.2) is 0 Å². The predicted molar refractivity (Wildman–Crippen MR) is 94.2 cm³/mol. The molecule has 1 amide bonds. The lowest BCUT2D eigenvalue weighted by atomic mass is 10.1. The van der Waals surface area contributed by atoms with Crippen molar-refractivity contribution in [1.82, 2.24) is 10.0 Å². The van der Waals surface area contributed by atoms with Crippen molar-refractivity contribution in [1.29, 1.82) is 0 Å². The van der Waals surface area contributed by atoms with Crippen LogP contribution in [0.15, 0.2) is 47.4 Å². The summed E-state index contributed by atoms with van der Waals surface area (Å²) >= 11 is 0. The van der Waals surface area contributed by atoms with E-state index in [1.165, 1.54) is 12.1 Å². The van der Waals surface area contributed by atoms with Gasteiger partial charge in [0, 0.05) is 6.54 Å². The third-order valence-electron chi connectivity index (χ3n) is 3.89. The molecule has 134 valence electrons.